The smallest absolute Gasteiger partial charge is 0.224 e. The van der Waals surface area contributed by atoms with Gasteiger partial charge in [-0.1, -0.05) is 48.5 Å². The molecule has 0 radical (unpaired) electrons. The van der Waals surface area contributed by atoms with Crippen LogP contribution in [0.1, 0.15) is 17.2 Å². The summed E-state index contributed by atoms with van der Waals surface area (Å²) < 4.78 is 10.5. The number of rotatable bonds is 7. The van der Waals surface area contributed by atoms with Crippen molar-refractivity contribution in [3.05, 3.63) is 71.8 Å². The van der Waals surface area contributed by atoms with Gasteiger partial charge in [0.2, 0.25) is 5.91 Å². The lowest BCUT2D eigenvalue weighted by Crippen LogP contribution is -2.29. The van der Waals surface area contributed by atoms with Crippen LogP contribution in [0, 0.1) is 0 Å². The average molecular weight is 365 g/mol. The van der Waals surface area contributed by atoms with Crippen molar-refractivity contribution in [1.82, 2.24) is 5.32 Å². The largest absolute Gasteiger partial charge is 0.493 e. The minimum absolute atomic E-state index is 0.153. The quantitative estimate of drug-likeness (QED) is 0.674. The first-order valence-corrected chi connectivity index (χ1v) is 8.75. The van der Waals surface area contributed by atoms with Crippen LogP contribution in [-0.2, 0) is 11.2 Å². The Morgan fingerprint density at radius 3 is 2.52 bits per heavy atom. The molecule has 140 valence electrons. The molecule has 2 N–H and O–H groups in total. The van der Waals surface area contributed by atoms with Crippen LogP contribution in [0.5, 0.6) is 11.5 Å². The molecule has 5 nitrogen and oxygen atoms in total. The molecule has 1 atom stereocenters. The van der Waals surface area contributed by atoms with Gasteiger partial charge in [0.15, 0.2) is 11.5 Å². The molecule has 0 saturated carbocycles. The van der Waals surface area contributed by atoms with Gasteiger partial charge in [0, 0.05) is 6.54 Å². The van der Waals surface area contributed by atoms with Crippen LogP contribution in [0.15, 0.2) is 60.7 Å². The van der Waals surface area contributed by atoms with Gasteiger partial charge in [-0.3, -0.25) is 4.79 Å². The van der Waals surface area contributed by atoms with Crippen molar-refractivity contribution in [3.63, 3.8) is 0 Å². The minimum atomic E-state index is -0.773. The third-order valence-electron chi connectivity index (χ3n) is 4.49. The third-order valence-corrected chi connectivity index (χ3v) is 4.49. The lowest BCUT2D eigenvalue weighted by molar-refractivity contribution is -0.120. The number of benzene rings is 3. The van der Waals surface area contributed by atoms with E-state index in [9.17, 15) is 9.90 Å². The molecule has 3 rings (SSSR count). The van der Waals surface area contributed by atoms with Crippen LogP contribution in [0.4, 0.5) is 0 Å². The fourth-order valence-corrected chi connectivity index (χ4v) is 3.10. The highest BCUT2D eigenvalue weighted by Crippen LogP contribution is 2.28. The number of fused-ring (bicyclic) bond motifs is 1. The van der Waals surface area contributed by atoms with Gasteiger partial charge in [-0.15, -0.1) is 0 Å². The highest BCUT2D eigenvalue weighted by molar-refractivity contribution is 5.86. The van der Waals surface area contributed by atoms with Gasteiger partial charge in [0.25, 0.3) is 0 Å². The first-order chi connectivity index (χ1) is 13.1. The zero-order valence-electron chi connectivity index (χ0n) is 15.4. The van der Waals surface area contributed by atoms with E-state index in [4.69, 9.17) is 9.47 Å². The van der Waals surface area contributed by atoms with E-state index in [1.807, 2.05) is 48.5 Å². The lowest BCUT2D eigenvalue weighted by atomic mass is 10.0. The zero-order chi connectivity index (χ0) is 19.2. The molecule has 1 amide bonds. The standard InChI is InChI=1S/C22H23NO4/c1-26-20-11-10-15(12-21(20)27-2)13-22(25)23-14-19(24)18-9-5-7-16-6-3-4-8-17(16)18/h3-12,19,24H,13-14H2,1-2H3,(H,23,25). The van der Waals surface area contributed by atoms with E-state index in [2.05, 4.69) is 5.32 Å². The number of nitrogens with one attached hydrogen (secondary N) is 1. The van der Waals surface area contributed by atoms with Gasteiger partial charge in [-0.2, -0.15) is 0 Å². The molecule has 3 aromatic carbocycles. The molecular weight excluding hydrogens is 342 g/mol. The first-order valence-electron chi connectivity index (χ1n) is 8.75. The molecule has 0 spiro atoms. The maximum absolute atomic E-state index is 12.3. The summed E-state index contributed by atoms with van der Waals surface area (Å²) in [5.41, 5.74) is 1.62. The number of methoxy groups -OCH3 is 2. The van der Waals surface area contributed by atoms with Crippen molar-refractivity contribution >= 4 is 16.7 Å². The topological polar surface area (TPSA) is 67.8 Å². The van der Waals surface area contributed by atoms with Crippen molar-refractivity contribution in [3.8, 4) is 11.5 Å². The van der Waals surface area contributed by atoms with Crippen LogP contribution >= 0.6 is 0 Å². The predicted octanol–water partition coefficient (Wildman–Crippen LogP) is 3.25. The predicted molar refractivity (Wildman–Crippen MR) is 105 cm³/mol. The summed E-state index contributed by atoms with van der Waals surface area (Å²) in [4.78, 5) is 12.3. The molecule has 0 fully saturated rings. The van der Waals surface area contributed by atoms with E-state index in [-0.39, 0.29) is 18.9 Å². The summed E-state index contributed by atoms with van der Waals surface area (Å²) in [5.74, 6) is 1.04. The molecule has 0 aliphatic carbocycles. The van der Waals surface area contributed by atoms with Crippen molar-refractivity contribution in [2.75, 3.05) is 20.8 Å². The second-order valence-electron chi connectivity index (χ2n) is 6.25. The molecule has 0 saturated heterocycles. The van der Waals surface area contributed by atoms with Gasteiger partial charge in [-0.25, -0.2) is 0 Å². The number of ether oxygens (including phenoxy) is 2. The summed E-state index contributed by atoms with van der Waals surface area (Å²) in [5, 5.41) is 15.4. The number of hydrogen-bond acceptors (Lipinski definition) is 4. The normalized spacial score (nSPS) is 11.8. The van der Waals surface area contributed by atoms with Crippen molar-refractivity contribution in [1.29, 1.82) is 0 Å². The van der Waals surface area contributed by atoms with Crippen LogP contribution in [-0.4, -0.2) is 31.8 Å². The summed E-state index contributed by atoms with van der Waals surface area (Å²) in [6, 6.07) is 19.0. The maximum atomic E-state index is 12.3. The Kier molecular flexibility index (Phi) is 5.94. The van der Waals surface area contributed by atoms with Crippen LogP contribution < -0.4 is 14.8 Å². The number of aliphatic hydroxyl groups excluding tert-OH is 1. The number of hydrogen-bond donors (Lipinski definition) is 2. The molecule has 0 aliphatic heterocycles. The monoisotopic (exact) mass is 365 g/mol. The van der Waals surface area contributed by atoms with Crippen molar-refractivity contribution in [2.45, 2.75) is 12.5 Å². The molecular formula is C22H23NO4. The Hall–Kier alpha value is -3.05. The highest BCUT2D eigenvalue weighted by Gasteiger charge is 2.13. The van der Waals surface area contributed by atoms with Crippen LogP contribution in [0.3, 0.4) is 0 Å². The fourth-order valence-electron chi connectivity index (χ4n) is 3.10. The van der Waals surface area contributed by atoms with Crippen molar-refractivity contribution < 1.29 is 19.4 Å². The van der Waals surface area contributed by atoms with E-state index in [0.29, 0.717) is 11.5 Å². The van der Waals surface area contributed by atoms with Gasteiger partial charge < -0.3 is 19.9 Å². The fraction of sp³-hybridized carbons (Fsp3) is 0.227. The van der Waals surface area contributed by atoms with Gasteiger partial charge in [-0.05, 0) is 34.0 Å². The molecule has 0 bridgehead atoms. The molecule has 0 aliphatic rings. The summed E-state index contributed by atoms with van der Waals surface area (Å²) >= 11 is 0. The zero-order valence-corrected chi connectivity index (χ0v) is 15.4. The minimum Gasteiger partial charge on any atom is -0.493 e. The van der Waals surface area contributed by atoms with Crippen molar-refractivity contribution in [2.24, 2.45) is 0 Å². The van der Waals surface area contributed by atoms with Gasteiger partial charge >= 0.3 is 0 Å². The maximum Gasteiger partial charge on any atom is 0.224 e. The number of aliphatic hydroxyl groups is 1. The number of carbonyl (C=O) groups excluding carboxylic acids is 1. The Morgan fingerprint density at radius 2 is 1.74 bits per heavy atom. The second-order valence-corrected chi connectivity index (χ2v) is 6.25. The molecule has 27 heavy (non-hydrogen) atoms. The molecule has 0 aromatic heterocycles. The summed E-state index contributed by atoms with van der Waals surface area (Å²) in [6.45, 7) is 0.153. The van der Waals surface area contributed by atoms with E-state index >= 15 is 0 Å². The molecule has 3 aromatic rings. The van der Waals surface area contributed by atoms with Gasteiger partial charge in [0.1, 0.15) is 0 Å². The Labute approximate surface area is 158 Å². The lowest BCUT2D eigenvalue weighted by Gasteiger charge is -2.15. The van der Waals surface area contributed by atoms with Crippen LogP contribution in [0.2, 0.25) is 0 Å². The molecule has 0 heterocycles. The molecule has 5 heteroatoms. The van der Waals surface area contributed by atoms with E-state index in [1.54, 1.807) is 26.4 Å². The molecule has 1 unspecified atom stereocenters. The SMILES string of the molecule is COc1ccc(CC(=O)NCC(O)c2cccc3ccccc23)cc1OC. The summed E-state index contributed by atoms with van der Waals surface area (Å²) in [7, 11) is 3.13. The third kappa shape index (κ3) is 4.38. The second kappa shape index (κ2) is 8.56. The average Bonchev–Trinajstić information content (AvgIpc) is 2.71. The van der Waals surface area contributed by atoms with Crippen LogP contribution in [0.25, 0.3) is 10.8 Å². The first kappa shape index (κ1) is 18.7. The van der Waals surface area contributed by atoms with E-state index in [0.717, 1.165) is 21.9 Å². The number of carbonyl (C=O) groups is 1. The highest BCUT2D eigenvalue weighted by atomic mass is 16.5. The van der Waals surface area contributed by atoms with Gasteiger partial charge in [0.05, 0.1) is 26.7 Å². The Morgan fingerprint density at radius 1 is 1.00 bits per heavy atom. The summed E-state index contributed by atoms with van der Waals surface area (Å²) in [6.07, 6.45) is -0.576. The Balaban J connectivity index is 1.63. The van der Waals surface area contributed by atoms with E-state index in [1.165, 1.54) is 0 Å². The number of amides is 1. The Bertz CT molecular complexity index is 933. The van der Waals surface area contributed by atoms with E-state index < -0.39 is 6.10 Å².